The molecule has 3 saturated carbocycles. The van der Waals surface area contributed by atoms with E-state index in [2.05, 4.69) is 39.5 Å². The fourth-order valence-corrected chi connectivity index (χ4v) is 6.60. The summed E-state index contributed by atoms with van der Waals surface area (Å²) in [6.07, 6.45) is 12.4. The zero-order valence-electron chi connectivity index (χ0n) is 19.9. The Bertz CT molecular complexity index is 677. The highest BCUT2D eigenvalue weighted by atomic mass is 16.5. The van der Waals surface area contributed by atoms with Gasteiger partial charge in [-0.1, -0.05) is 45.1 Å². The molecule has 0 heterocycles. The summed E-state index contributed by atoms with van der Waals surface area (Å²) in [6, 6.07) is 0. The van der Waals surface area contributed by atoms with E-state index in [9.17, 15) is 15.3 Å². The largest absolute Gasteiger partial charge is 0.394 e. The van der Waals surface area contributed by atoms with Crippen LogP contribution in [0.2, 0.25) is 0 Å². The van der Waals surface area contributed by atoms with Crippen molar-refractivity contribution in [2.75, 3.05) is 13.2 Å². The summed E-state index contributed by atoms with van der Waals surface area (Å²) in [7, 11) is 0. The van der Waals surface area contributed by atoms with Gasteiger partial charge in [0.15, 0.2) is 0 Å². The molecule has 2 unspecified atom stereocenters. The summed E-state index contributed by atoms with van der Waals surface area (Å²) in [5.41, 5.74) is 3.65. The van der Waals surface area contributed by atoms with Gasteiger partial charge in [-0.25, -0.2) is 0 Å². The quantitative estimate of drug-likeness (QED) is 0.508. The van der Waals surface area contributed by atoms with Crippen molar-refractivity contribution < 1.29 is 20.1 Å². The van der Waals surface area contributed by atoms with Crippen molar-refractivity contribution in [2.24, 2.45) is 23.2 Å². The third kappa shape index (κ3) is 5.52. The Balaban J connectivity index is 1.67. The summed E-state index contributed by atoms with van der Waals surface area (Å²) in [6.45, 7) is 11.8. The highest BCUT2D eigenvalue weighted by molar-refractivity contribution is 5.38. The molecule has 3 N–H and O–H groups in total. The zero-order valence-corrected chi connectivity index (χ0v) is 19.9. The van der Waals surface area contributed by atoms with Crippen LogP contribution < -0.4 is 0 Å². The number of ether oxygens (including phenoxy) is 1. The van der Waals surface area contributed by atoms with Crippen LogP contribution in [-0.2, 0) is 4.74 Å². The van der Waals surface area contributed by atoms with Crippen LogP contribution in [0.3, 0.4) is 0 Å². The minimum atomic E-state index is -0.623. The van der Waals surface area contributed by atoms with Gasteiger partial charge in [-0.3, -0.25) is 0 Å². The maximum Gasteiger partial charge on any atom is 0.0811 e. The number of aliphatic hydroxyl groups is 3. The van der Waals surface area contributed by atoms with Crippen molar-refractivity contribution in [3.8, 4) is 0 Å². The molecule has 3 aliphatic carbocycles. The monoisotopic (exact) mass is 432 g/mol. The fraction of sp³-hybridized carbons (Fsp3) is 0.778. The van der Waals surface area contributed by atoms with Gasteiger partial charge in [0, 0.05) is 13.0 Å². The minimum Gasteiger partial charge on any atom is -0.394 e. The SMILES string of the molecule is C=C1C(=CC=C2CCC[C@@]3(C)C2CC[C@@H]3[C@H](C)CCOC(CC)CO)C[C@@H](O)C[C@@H]1O. The van der Waals surface area contributed by atoms with Crippen LogP contribution >= 0.6 is 0 Å². The van der Waals surface area contributed by atoms with Crippen LogP contribution in [0.1, 0.15) is 78.6 Å². The first kappa shape index (κ1) is 24.7. The lowest BCUT2D eigenvalue weighted by atomic mass is 9.61. The molecule has 0 saturated heterocycles. The van der Waals surface area contributed by atoms with E-state index in [4.69, 9.17) is 4.74 Å². The first-order chi connectivity index (χ1) is 14.8. The second-order valence-corrected chi connectivity index (χ2v) is 10.5. The Kier molecular flexibility index (Phi) is 8.59. The average molecular weight is 433 g/mol. The molecular formula is C27H44O4. The van der Waals surface area contributed by atoms with Crippen molar-refractivity contribution in [2.45, 2.75) is 96.9 Å². The molecule has 0 radical (unpaired) electrons. The van der Waals surface area contributed by atoms with Crippen molar-refractivity contribution >= 4 is 0 Å². The molecule has 31 heavy (non-hydrogen) atoms. The Morgan fingerprint density at radius 1 is 1.26 bits per heavy atom. The maximum atomic E-state index is 10.1. The lowest BCUT2D eigenvalue weighted by molar-refractivity contribution is -0.00289. The Morgan fingerprint density at radius 3 is 2.74 bits per heavy atom. The Hall–Kier alpha value is -0.940. The van der Waals surface area contributed by atoms with E-state index in [-0.39, 0.29) is 12.7 Å². The maximum absolute atomic E-state index is 10.1. The number of aliphatic hydroxyl groups excluding tert-OH is 3. The molecule has 4 heteroatoms. The number of rotatable bonds is 8. The first-order valence-electron chi connectivity index (χ1n) is 12.5. The van der Waals surface area contributed by atoms with E-state index in [0.29, 0.717) is 36.0 Å². The van der Waals surface area contributed by atoms with Crippen LogP contribution in [0.5, 0.6) is 0 Å². The molecule has 0 aromatic heterocycles. The van der Waals surface area contributed by atoms with Crippen molar-refractivity contribution in [3.05, 3.63) is 35.5 Å². The summed E-state index contributed by atoms with van der Waals surface area (Å²) in [5.74, 6) is 1.95. The van der Waals surface area contributed by atoms with Gasteiger partial charge in [-0.05, 0) is 85.7 Å². The smallest absolute Gasteiger partial charge is 0.0811 e. The number of allylic oxidation sites excluding steroid dienone is 3. The van der Waals surface area contributed by atoms with Gasteiger partial charge < -0.3 is 20.1 Å². The van der Waals surface area contributed by atoms with Gasteiger partial charge in [0.1, 0.15) is 0 Å². The van der Waals surface area contributed by atoms with E-state index >= 15 is 0 Å². The Labute approximate surface area is 189 Å². The van der Waals surface area contributed by atoms with Gasteiger partial charge in [0.05, 0.1) is 24.9 Å². The predicted octanol–water partition coefficient (Wildman–Crippen LogP) is 4.94. The van der Waals surface area contributed by atoms with Crippen LogP contribution in [0.25, 0.3) is 0 Å². The molecule has 0 amide bonds. The molecule has 3 fully saturated rings. The topological polar surface area (TPSA) is 69.9 Å². The standard InChI is InChI=1S/C27H44O4/c1-5-23(17-28)31-14-12-18(2)24-10-11-25-20(7-6-13-27(24,25)4)8-9-21-15-22(29)16-26(30)19(21)3/h8-9,18,22-26,28-30H,3,5-7,10-17H2,1-2,4H3/t18-,22-,23?,24-,25?,26+,27-/m1/s1. The highest BCUT2D eigenvalue weighted by Gasteiger charge is 2.50. The van der Waals surface area contributed by atoms with E-state index in [1.807, 2.05) is 0 Å². The summed E-state index contributed by atoms with van der Waals surface area (Å²) < 4.78 is 5.88. The second-order valence-electron chi connectivity index (χ2n) is 10.5. The summed E-state index contributed by atoms with van der Waals surface area (Å²) in [4.78, 5) is 0. The average Bonchev–Trinajstić information content (AvgIpc) is 3.10. The first-order valence-corrected chi connectivity index (χ1v) is 12.5. The molecule has 0 aliphatic heterocycles. The van der Waals surface area contributed by atoms with Crippen molar-refractivity contribution in [3.63, 3.8) is 0 Å². The molecule has 0 aromatic carbocycles. The molecule has 4 nitrogen and oxygen atoms in total. The minimum absolute atomic E-state index is 0.0251. The van der Waals surface area contributed by atoms with Gasteiger partial charge in [-0.2, -0.15) is 0 Å². The normalized spacial score (nSPS) is 38.5. The van der Waals surface area contributed by atoms with Crippen LogP contribution in [-0.4, -0.2) is 46.8 Å². The predicted molar refractivity (Wildman–Crippen MR) is 126 cm³/mol. The Morgan fingerprint density at radius 2 is 2.03 bits per heavy atom. The van der Waals surface area contributed by atoms with Gasteiger partial charge in [0.25, 0.3) is 0 Å². The fourth-order valence-electron chi connectivity index (χ4n) is 6.60. The van der Waals surface area contributed by atoms with Crippen LogP contribution in [0.4, 0.5) is 0 Å². The molecular weight excluding hydrogens is 388 g/mol. The van der Waals surface area contributed by atoms with Gasteiger partial charge in [-0.15, -0.1) is 0 Å². The zero-order chi connectivity index (χ0) is 22.6. The van der Waals surface area contributed by atoms with E-state index < -0.39 is 12.2 Å². The second kappa shape index (κ2) is 10.8. The van der Waals surface area contributed by atoms with Crippen molar-refractivity contribution in [1.29, 1.82) is 0 Å². The van der Waals surface area contributed by atoms with Crippen LogP contribution in [0.15, 0.2) is 35.5 Å². The highest BCUT2D eigenvalue weighted by Crippen LogP contribution is 2.59. The molecule has 0 bridgehead atoms. The summed E-state index contributed by atoms with van der Waals surface area (Å²) in [5, 5.41) is 29.5. The number of fused-ring (bicyclic) bond motifs is 1. The molecule has 3 rings (SSSR count). The third-order valence-corrected chi connectivity index (χ3v) is 8.57. The molecule has 7 atom stereocenters. The number of hydrogen-bond acceptors (Lipinski definition) is 4. The molecule has 176 valence electrons. The van der Waals surface area contributed by atoms with E-state index in [1.54, 1.807) is 5.57 Å². The van der Waals surface area contributed by atoms with E-state index in [1.165, 1.54) is 25.7 Å². The lowest BCUT2D eigenvalue weighted by Gasteiger charge is -2.44. The van der Waals surface area contributed by atoms with Gasteiger partial charge in [0.2, 0.25) is 0 Å². The lowest BCUT2D eigenvalue weighted by Crippen LogP contribution is -2.36. The van der Waals surface area contributed by atoms with Crippen LogP contribution in [0, 0.1) is 23.2 Å². The third-order valence-electron chi connectivity index (χ3n) is 8.57. The van der Waals surface area contributed by atoms with Gasteiger partial charge >= 0.3 is 0 Å². The molecule has 3 aliphatic rings. The molecule has 0 spiro atoms. The number of hydrogen-bond donors (Lipinski definition) is 3. The van der Waals surface area contributed by atoms with E-state index in [0.717, 1.165) is 37.0 Å². The van der Waals surface area contributed by atoms with Crippen molar-refractivity contribution in [1.82, 2.24) is 0 Å². The summed E-state index contributed by atoms with van der Waals surface area (Å²) >= 11 is 0. The molecule has 0 aromatic rings.